The second-order valence-electron chi connectivity index (χ2n) is 7.33. The summed E-state index contributed by atoms with van der Waals surface area (Å²) in [4.78, 5) is 0. The van der Waals surface area contributed by atoms with Crippen LogP contribution in [-0.2, 0) is 5.41 Å². The smallest absolute Gasteiger partial charge is 0.134 e. The maximum absolute atomic E-state index is 14.8. The summed E-state index contributed by atoms with van der Waals surface area (Å²) in [7, 11) is 0. The molecule has 138 valence electrons. The summed E-state index contributed by atoms with van der Waals surface area (Å²) >= 11 is 0. The molecular weight excluding hydrogens is 347 g/mol. The van der Waals surface area contributed by atoms with Crippen LogP contribution < -0.4 is 5.32 Å². The average Bonchev–Trinajstić information content (AvgIpc) is 3.05. The lowest BCUT2D eigenvalue weighted by Gasteiger charge is -2.32. The Morgan fingerprint density at radius 1 is 0.889 bits per heavy atom. The maximum Gasteiger partial charge on any atom is 0.134 e. The quantitative estimate of drug-likeness (QED) is 0.652. The molecular formula is C23H20F3N. The van der Waals surface area contributed by atoms with E-state index in [9.17, 15) is 13.2 Å². The summed E-state index contributed by atoms with van der Waals surface area (Å²) in [6, 6.07) is 17.9. The molecule has 3 aromatic carbocycles. The Morgan fingerprint density at radius 2 is 1.52 bits per heavy atom. The Balaban J connectivity index is 1.76. The molecule has 1 N–H and O–H groups in total. The fourth-order valence-electron chi connectivity index (χ4n) is 4.12. The van der Waals surface area contributed by atoms with E-state index in [4.69, 9.17) is 0 Å². The number of halogens is 3. The summed E-state index contributed by atoms with van der Waals surface area (Å²) in [5.74, 6) is -1.54. The molecule has 1 saturated heterocycles. The molecule has 0 amide bonds. The van der Waals surface area contributed by atoms with Crippen LogP contribution in [0.5, 0.6) is 0 Å². The second kappa shape index (κ2) is 6.86. The van der Waals surface area contributed by atoms with Crippen molar-refractivity contribution in [1.82, 2.24) is 5.32 Å². The molecule has 4 rings (SSSR count). The Bertz CT molecular complexity index is 930. The first kappa shape index (κ1) is 17.8. The third-order valence-corrected chi connectivity index (χ3v) is 5.64. The van der Waals surface area contributed by atoms with E-state index < -0.39 is 11.6 Å². The molecule has 1 fully saturated rings. The van der Waals surface area contributed by atoms with Gasteiger partial charge in [-0.3, -0.25) is 0 Å². The van der Waals surface area contributed by atoms with Gasteiger partial charge in [-0.15, -0.1) is 0 Å². The molecule has 4 heteroatoms. The molecule has 3 aromatic rings. The molecule has 1 heterocycles. The normalized spacial score (nSPS) is 22.1. The van der Waals surface area contributed by atoms with Crippen molar-refractivity contribution in [2.24, 2.45) is 0 Å². The van der Waals surface area contributed by atoms with Crippen molar-refractivity contribution in [2.75, 3.05) is 13.1 Å². The van der Waals surface area contributed by atoms with Crippen molar-refractivity contribution in [3.8, 4) is 11.1 Å². The lowest BCUT2D eigenvalue weighted by Crippen LogP contribution is -2.30. The molecule has 27 heavy (non-hydrogen) atoms. The molecule has 1 nitrogen and oxygen atoms in total. The van der Waals surface area contributed by atoms with Crippen molar-refractivity contribution in [2.45, 2.75) is 18.3 Å². The van der Waals surface area contributed by atoms with E-state index >= 15 is 0 Å². The number of hydrogen-bond donors (Lipinski definition) is 1. The topological polar surface area (TPSA) is 12.0 Å². The lowest BCUT2D eigenvalue weighted by molar-refractivity contribution is 0.459. The fraction of sp³-hybridized carbons (Fsp3) is 0.217. The van der Waals surface area contributed by atoms with Crippen molar-refractivity contribution in [3.63, 3.8) is 0 Å². The number of nitrogens with one attached hydrogen (secondary N) is 1. The van der Waals surface area contributed by atoms with Gasteiger partial charge in [0.15, 0.2) is 0 Å². The van der Waals surface area contributed by atoms with E-state index in [1.54, 1.807) is 36.4 Å². The number of benzene rings is 3. The number of hydrogen-bond acceptors (Lipinski definition) is 1. The highest BCUT2D eigenvalue weighted by atomic mass is 19.1. The van der Waals surface area contributed by atoms with Gasteiger partial charge in [0.2, 0.25) is 0 Å². The molecule has 0 aliphatic carbocycles. The zero-order valence-corrected chi connectivity index (χ0v) is 15.0. The first-order valence-corrected chi connectivity index (χ1v) is 9.00. The van der Waals surface area contributed by atoms with E-state index in [-0.39, 0.29) is 22.7 Å². The van der Waals surface area contributed by atoms with Crippen molar-refractivity contribution in [3.05, 3.63) is 95.3 Å². The highest BCUT2D eigenvalue weighted by Crippen LogP contribution is 2.43. The van der Waals surface area contributed by atoms with Crippen LogP contribution in [0.15, 0.2) is 66.7 Å². The standard InChI is InChI=1S/C23H20F3N/c1-23(17-7-9-18(24)10-8-17)14-27-13-19(23)16-11-20(25)22(21(26)12-16)15-5-3-2-4-6-15/h2-12,19,27H,13-14H2,1H3/t19-,23+/m1/s1. The van der Waals surface area contributed by atoms with Gasteiger partial charge in [0.1, 0.15) is 17.5 Å². The highest BCUT2D eigenvalue weighted by Gasteiger charge is 2.41. The van der Waals surface area contributed by atoms with Crippen LogP contribution in [0.3, 0.4) is 0 Å². The molecule has 0 radical (unpaired) electrons. The van der Waals surface area contributed by atoms with Gasteiger partial charge in [0, 0.05) is 24.4 Å². The van der Waals surface area contributed by atoms with Gasteiger partial charge in [0.25, 0.3) is 0 Å². The average molecular weight is 367 g/mol. The zero-order chi connectivity index (χ0) is 19.0. The Labute approximate surface area is 156 Å². The lowest BCUT2D eigenvalue weighted by atomic mass is 9.71. The van der Waals surface area contributed by atoms with Gasteiger partial charge in [-0.1, -0.05) is 49.4 Å². The molecule has 1 aliphatic rings. The first-order valence-electron chi connectivity index (χ1n) is 9.00. The molecule has 0 bridgehead atoms. The Kier molecular flexibility index (Phi) is 4.52. The summed E-state index contributed by atoms with van der Waals surface area (Å²) in [5, 5.41) is 3.32. The predicted octanol–water partition coefficient (Wildman–Crippen LogP) is 5.42. The van der Waals surface area contributed by atoms with Gasteiger partial charge in [-0.25, -0.2) is 13.2 Å². The van der Waals surface area contributed by atoms with Crippen LogP contribution in [0.25, 0.3) is 11.1 Å². The second-order valence-corrected chi connectivity index (χ2v) is 7.33. The monoisotopic (exact) mass is 367 g/mol. The predicted molar refractivity (Wildman–Crippen MR) is 101 cm³/mol. The molecule has 0 spiro atoms. The molecule has 1 aliphatic heterocycles. The van der Waals surface area contributed by atoms with Gasteiger partial charge in [-0.05, 0) is 41.0 Å². The number of rotatable bonds is 3. The highest BCUT2D eigenvalue weighted by molar-refractivity contribution is 5.65. The maximum atomic E-state index is 14.8. The van der Waals surface area contributed by atoms with Crippen molar-refractivity contribution < 1.29 is 13.2 Å². The van der Waals surface area contributed by atoms with Crippen LogP contribution in [0.2, 0.25) is 0 Å². The van der Waals surface area contributed by atoms with Crippen molar-refractivity contribution in [1.29, 1.82) is 0 Å². The van der Waals surface area contributed by atoms with E-state index in [2.05, 4.69) is 5.32 Å². The third-order valence-electron chi connectivity index (χ3n) is 5.64. The minimum atomic E-state index is -0.565. The van der Waals surface area contributed by atoms with E-state index in [1.165, 1.54) is 24.3 Å². The van der Waals surface area contributed by atoms with Gasteiger partial charge in [0.05, 0.1) is 5.56 Å². The molecule has 0 saturated carbocycles. The third kappa shape index (κ3) is 3.15. The summed E-state index contributed by atoms with van der Waals surface area (Å²) in [6.07, 6.45) is 0. The molecule has 0 unspecified atom stereocenters. The van der Waals surface area contributed by atoms with Crippen LogP contribution in [-0.4, -0.2) is 13.1 Å². The molecule has 0 aromatic heterocycles. The van der Waals surface area contributed by atoms with Gasteiger partial charge in [-0.2, -0.15) is 0 Å². The summed E-state index contributed by atoms with van der Waals surface area (Å²) in [6.45, 7) is 3.32. The minimum absolute atomic E-state index is 0.00575. The van der Waals surface area contributed by atoms with Crippen LogP contribution >= 0.6 is 0 Å². The van der Waals surface area contributed by atoms with Gasteiger partial charge >= 0.3 is 0 Å². The zero-order valence-electron chi connectivity index (χ0n) is 15.0. The SMILES string of the molecule is C[C@@]1(c2ccc(F)cc2)CNC[C@@H]1c1cc(F)c(-c2ccccc2)c(F)c1. The van der Waals surface area contributed by atoms with E-state index in [1.807, 2.05) is 13.0 Å². The van der Waals surface area contributed by atoms with Gasteiger partial charge < -0.3 is 5.32 Å². The Hall–Kier alpha value is -2.59. The summed E-state index contributed by atoms with van der Waals surface area (Å²) < 4.78 is 43.0. The minimum Gasteiger partial charge on any atom is -0.315 e. The van der Waals surface area contributed by atoms with Crippen molar-refractivity contribution >= 4 is 0 Å². The van der Waals surface area contributed by atoms with Crippen LogP contribution in [0, 0.1) is 17.5 Å². The van der Waals surface area contributed by atoms with E-state index in [0.717, 1.165) is 5.56 Å². The van der Waals surface area contributed by atoms with Crippen LogP contribution in [0.1, 0.15) is 24.0 Å². The fourth-order valence-corrected chi connectivity index (χ4v) is 4.12. The largest absolute Gasteiger partial charge is 0.315 e. The first-order chi connectivity index (χ1) is 13.0. The summed E-state index contributed by atoms with van der Waals surface area (Å²) in [5.41, 5.74) is 1.70. The Morgan fingerprint density at radius 3 is 2.15 bits per heavy atom. The van der Waals surface area contributed by atoms with E-state index in [0.29, 0.717) is 24.2 Å². The van der Waals surface area contributed by atoms with Crippen LogP contribution in [0.4, 0.5) is 13.2 Å². The molecule has 2 atom stereocenters.